The minimum Gasteiger partial charge on any atom is -0.481 e. The van der Waals surface area contributed by atoms with Crippen molar-refractivity contribution in [3.63, 3.8) is 0 Å². The number of aliphatic hydroxyl groups is 1. The van der Waals surface area contributed by atoms with E-state index in [0.717, 1.165) is 23.4 Å². The second-order valence-corrected chi connectivity index (χ2v) is 15.3. The minimum atomic E-state index is -1.39. The number of carbonyl (C=O) groups excluding carboxylic acids is 3. The van der Waals surface area contributed by atoms with Crippen LogP contribution in [0.3, 0.4) is 0 Å². The van der Waals surface area contributed by atoms with E-state index in [0.29, 0.717) is 57.5 Å². The molecule has 4 N–H and O–H groups in total. The van der Waals surface area contributed by atoms with Crippen LogP contribution in [0.5, 0.6) is 0 Å². The maximum Gasteiger partial charge on any atom is 0.318 e. The van der Waals surface area contributed by atoms with Crippen molar-refractivity contribution in [2.45, 2.75) is 141 Å². The molecule has 0 unspecified atom stereocenters. The zero-order chi connectivity index (χ0) is 37.9. The number of carboxylic acids is 1. The van der Waals surface area contributed by atoms with Gasteiger partial charge in [0.25, 0.3) is 5.91 Å². The Kier molecular flexibility index (Phi) is 18.9. The number of carboxylic acid groups (broad SMARTS) is 1. The number of aliphatic hydroxyl groups excluding tert-OH is 1. The highest BCUT2D eigenvalue weighted by molar-refractivity contribution is 5.93. The lowest BCUT2D eigenvalue weighted by atomic mass is 9.83. The van der Waals surface area contributed by atoms with Crippen LogP contribution in [0.2, 0.25) is 0 Å². The number of likely N-dealkylation sites (tertiary alicyclic amines) is 1. The first-order chi connectivity index (χ1) is 25.0. The van der Waals surface area contributed by atoms with Gasteiger partial charge in [-0.2, -0.15) is 0 Å². The number of benzene rings is 1. The Balaban J connectivity index is 1.85. The summed E-state index contributed by atoms with van der Waals surface area (Å²) in [6, 6.07) is 9.37. The van der Waals surface area contributed by atoms with Crippen molar-refractivity contribution >= 4 is 23.8 Å². The van der Waals surface area contributed by atoms with Crippen molar-refractivity contribution in [1.82, 2.24) is 20.7 Å². The van der Waals surface area contributed by atoms with Crippen LogP contribution in [-0.4, -0.2) is 95.2 Å². The summed E-state index contributed by atoms with van der Waals surface area (Å²) in [5.74, 6) is -2.30. The largest absolute Gasteiger partial charge is 0.481 e. The van der Waals surface area contributed by atoms with Gasteiger partial charge in [0.05, 0.1) is 25.2 Å². The molecule has 52 heavy (non-hydrogen) atoms. The Labute approximate surface area is 311 Å². The number of unbranched alkanes of at least 4 members (excludes halogenated alkanes) is 1. The number of hydrogen-bond donors (Lipinski definition) is 4. The molecule has 3 atom stereocenters. The average molecular weight is 731 g/mol. The van der Waals surface area contributed by atoms with Crippen LogP contribution >= 0.6 is 0 Å². The number of aliphatic carboxylic acids is 1. The van der Waals surface area contributed by atoms with Crippen LogP contribution in [-0.2, 0) is 30.3 Å². The topological polar surface area (TPSA) is 158 Å². The Morgan fingerprint density at radius 3 is 2.33 bits per heavy atom. The van der Waals surface area contributed by atoms with Gasteiger partial charge in [-0.1, -0.05) is 96.0 Å². The summed E-state index contributed by atoms with van der Waals surface area (Å²) >= 11 is 0. The molecule has 1 heterocycles. The molecule has 3 rings (SSSR count). The number of urea groups is 1. The van der Waals surface area contributed by atoms with Crippen molar-refractivity contribution in [1.29, 1.82) is 0 Å². The number of hydrogen-bond acceptors (Lipinski definition) is 7. The molecule has 0 spiro atoms. The number of hydrazine groups is 1. The quantitative estimate of drug-likeness (QED) is 0.0879. The predicted molar refractivity (Wildman–Crippen MR) is 200 cm³/mol. The summed E-state index contributed by atoms with van der Waals surface area (Å²) in [4.78, 5) is 56.3. The van der Waals surface area contributed by atoms with Gasteiger partial charge in [0.15, 0.2) is 0 Å². The van der Waals surface area contributed by atoms with E-state index in [4.69, 9.17) is 9.47 Å². The van der Waals surface area contributed by atoms with Crippen LogP contribution in [0.15, 0.2) is 30.3 Å². The Morgan fingerprint density at radius 2 is 1.71 bits per heavy atom. The lowest BCUT2D eigenvalue weighted by Gasteiger charge is -2.39. The van der Waals surface area contributed by atoms with Gasteiger partial charge in [0.2, 0.25) is 5.91 Å². The minimum absolute atomic E-state index is 0.0243. The summed E-state index contributed by atoms with van der Waals surface area (Å²) in [6.45, 7) is 6.67. The summed E-state index contributed by atoms with van der Waals surface area (Å²) in [7, 11) is 1.57. The lowest BCUT2D eigenvalue weighted by Crippen LogP contribution is -2.65. The summed E-state index contributed by atoms with van der Waals surface area (Å²) in [5, 5.41) is 25.0. The fourth-order valence-electron chi connectivity index (χ4n) is 7.52. The molecule has 1 aromatic rings. The van der Waals surface area contributed by atoms with Crippen molar-refractivity contribution in [3.05, 3.63) is 35.9 Å². The van der Waals surface area contributed by atoms with E-state index in [9.17, 15) is 29.4 Å². The van der Waals surface area contributed by atoms with E-state index in [1.807, 2.05) is 51.1 Å². The van der Waals surface area contributed by atoms with Gasteiger partial charge in [-0.25, -0.2) is 4.79 Å². The number of aryl methyl sites for hydroxylation is 1. The number of nitrogens with zero attached hydrogens (tertiary/aromatic N) is 2. The normalized spacial score (nSPS) is 18.0. The smallest absolute Gasteiger partial charge is 0.318 e. The molecule has 0 bridgehead atoms. The number of piperidine rings is 1. The van der Waals surface area contributed by atoms with Gasteiger partial charge in [0.1, 0.15) is 12.3 Å². The van der Waals surface area contributed by atoms with Crippen molar-refractivity contribution < 1.29 is 38.9 Å². The molecule has 0 radical (unpaired) electrons. The van der Waals surface area contributed by atoms with Crippen molar-refractivity contribution in [2.75, 3.05) is 33.5 Å². The second-order valence-electron chi connectivity index (χ2n) is 15.3. The molecule has 1 aromatic carbocycles. The Morgan fingerprint density at radius 1 is 1.02 bits per heavy atom. The van der Waals surface area contributed by atoms with Gasteiger partial charge in [-0.3, -0.25) is 24.8 Å². The Hall–Kier alpha value is -3.22. The summed E-state index contributed by atoms with van der Waals surface area (Å²) < 4.78 is 10.7. The van der Waals surface area contributed by atoms with Crippen molar-refractivity contribution in [3.8, 4) is 0 Å². The maximum absolute atomic E-state index is 14.7. The molecular weight excluding hydrogens is 664 g/mol. The first-order valence-electron chi connectivity index (χ1n) is 19.7. The zero-order valence-corrected chi connectivity index (χ0v) is 32.2. The zero-order valence-electron chi connectivity index (χ0n) is 32.2. The molecule has 1 saturated carbocycles. The molecule has 0 aromatic heterocycles. The average Bonchev–Trinajstić information content (AvgIpc) is 3.15. The summed E-state index contributed by atoms with van der Waals surface area (Å²) in [6.07, 6.45) is 10.5. The first-order valence-corrected chi connectivity index (χ1v) is 19.7. The third kappa shape index (κ3) is 14.3. The number of nitrogens with one attached hydrogen (secondary N) is 2. The van der Waals surface area contributed by atoms with E-state index < -0.39 is 35.3 Å². The molecule has 4 amide bonds. The lowest BCUT2D eigenvalue weighted by molar-refractivity contribution is -0.151. The number of ether oxygens (including phenoxy) is 2. The SMILES string of the molecule is CCCC[C@](CCc1ccccc1)(NC(=O)N1CCC(OCOC)CC1)C(=O)NN(CCC(=O)O)C(=O)[C@@H](C[C@@H](O)CCC1CCCCC1)C(C)C. The summed E-state index contributed by atoms with van der Waals surface area (Å²) in [5.41, 5.74) is 2.44. The van der Waals surface area contributed by atoms with Gasteiger partial charge in [-0.05, 0) is 68.8 Å². The number of amides is 4. The predicted octanol–water partition coefficient (Wildman–Crippen LogP) is 6.06. The molecule has 1 aliphatic heterocycles. The number of methoxy groups -OCH3 is 1. The molecule has 2 aliphatic rings. The van der Waals surface area contributed by atoms with E-state index in [-0.39, 0.29) is 50.7 Å². The highest BCUT2D eigenvalue weighted by Crippen LogP contribution is 2.30. The van der Waals surface area contributed by atoms with Crippen LogP contribution in [0.1, 0.15) is 123 Å². The van der Waals surface area contributed by atoms with Gasteiger partial charge in [-0.15, -0.1) is 0 Å². The number of carbonyl (C=O) groups is 4. The van der Waals surface area contributed by atoms with Crippen LogP contribution in [0.4, 0.5) is 4.79 Å². The Bertz CT molecular complexity index is 1220. The van der Waals surface area contributed by atoms with E-state index >= 15 is 0 Å². The molecule has 12 heteroatoms. The van der Waals surface area contributed by atoms with Crippen LogP contribution in [0.25, 0.3) is 0 Å². The molecule has 1 saturated heterocycles. The third-order valence-corrected chi connectivity index (χ3v) is 10.9. The monoisotopic (exact) mass is 730 g/mol. The molecule has 1 aliphatic carbocycles. The van der Waals surface area contributed by atoms with E-state index in [2.05, 4.69) is 10.7 Å². The first kappa shape index (κ1) is 43.2. The molecule has 12 nitrogen and oxygen atoms in total. The third-order valence-electron chi connectivity index (χ3n) is 10.9. The van der Waals surface area contributed by atoms with Gasteiger partial charge >= 0.3 is 12.0 Å². The molecule has 2 fully saturated rings. The second kappa shape index (κ2) is 22.8. The van der Waals surface area contributed by atoms with Crippen LogP contribution in [0, 0.1) is 17.8 Å². The molecule has 294 valence electrons. The number of rotatable bonds is 21. The van der Waals surface area contributed by atoms with E-state index in [1.54, 1.807) is 12.0 Å². The standard InChI is InChI=1S/C40H66N4O8/c1-5-6-23-40(24-19-32-15-11-8-12-16-32,41-39(50)43-25-20-34(21-26-43)52-29-51-4)38(49)42-44(27-22-36(46)47)37(48)35(30(2)3)28-33(45)18-17-31-13-9-7-10-14-31/h8,11-12,15-16,30-31,33-35,45H,5-7,9-10,13-14,17-29H2,1-4H3,(H,41,50)(H,42,49)(H,46,47)/t33-,35-,40+/m0/s1. The fourth-order valence-corrected chi connectivity index (χ4v) is 7.52. The van der Waals surface area contributed by atoms with Crippen molar-refractivity contribution in [2.24, 2.45) is 17.8 Å². The van der Waals surface area contributed by atoms with Gasteiger partial charge < -0.3 is 29.9 Å². The van der Waals surface area contributed by atoms with Gasteiger partial charge in [0, 0.05) is 26.1 Å². The molecular formula is C40H66N4O8. The van der Waals surface area contributed by atoms with E-state index in [1.165, 1.54) is 32.1 Å². The fraction of sp³-hybridized carbons (Fsp3) is 0.750. The maximum atomic E-state index is 14.7. The van der Waals surface area contributed by atoms with Crippen LogP contribution < -0.4 is 10.7 Å². The highest BCUT2D eigenvalue weighted by Gasteiger charge is 2.42. The highest BCUT2D eigenvalue weighted by atomic mass is 16.7.